The van der Waals surface area contributed by atoms with Gasteiger partial charge in [-0.2, -0.15) is 16.1 Å². The Kier molecular flexibility index (Phi) is 6.71. The lowest BCUT2D eigenvalue weighted by Gasteiger charge is -2.25. The number of sulfonamides is 1. The average Bonchev–Trinajstić information content (AvgIpc) is 2.46. The van der Waals surface area contributed by atoms with E-state index in [9.17, 15) is 13.5 Å². The van der Waals surface area contributed by atoms with Gasteiger partial charge >= 0.3 is 0 Å². The molecule has 21 heavy (non-hydrogen) atoms. The molecule has 1 atom stereocenters. The van der Waals surface area contributed by atoms with E-state index in [0.717, 1.165) is 23.3 Å². The van der Waals surface area contributed by atoms with E-state index >= 15 is 0 Å². The van der Waals surface area contributed by atoms with Crippen LogP contribution in [-0.2, 0) is 16.6 Å². The fraction of sp³-hybridized carbons (Fsp3) is 0.600. The van der Waals surface area contributed by atoms with E-state index in [4.69, 9.17) is 0 Å². The summed E-state index contributed by atoms with van der Waals surface area (Å²) >= 11 is 1.71. The quantitative estimate of drug-likeness (QED) is 0.834. The predicted molar refractivity (Wildman–Crippen MR) is 89.2 cm³/mol. The minimum atomic E-state index is -3.54. The highest BCUT2D eigenvalue weighted by molar-refractivity contribution is 7.98. The Morgan fingerprint density at radius 1 is 1.33 bits per heavy atom. The maximum Gasteiger partial charge on any atom is 0.243 e. The molecule has 0 spiro atoms. The standard InChI is InChI=1S/C15H25NO3S2/c1-11-8-14(10-17)9-15(13(11)3)21(18,19)16(4)12(2)6-7-20-5/h8-9,12,17H,6-7,10H2,1-5H3. The van der Waals surface area contributed by atoms with Gasteiger partial charge in [0.1, 0.15) is 0 Å². The summed E-state index contributed by atoms with van der Waals surface area (Å²) in [6.45, 7) is 5.44. The van der Waals surface area contributed by atoms with E-state index in [1.807, 2.05) is 33.1 Å². The van der Waals surface area contributed by atoms with E-state index in [0.29, 0.717) is 10.5 Å². The zero-order valence-corrected chi connectivity index (χ0v) is 15.0. The van der Waals surface area contributed by atoms with Crippen molar-refractivity contribution in [2.45, 2.75) is 44.7 Å². The van der Waals surface area contributed by atoms with Crippen LogP contribution in [0.25, 0.3) is 0 Å². The molecule has 0 fully saturated rings. The molecule has 1 N–H and O–H groups in total. The van der Waals surface area contributed by atoms with Crippen molar-refractivity contribution in [1.82, 2.24) is 4.31 Å². The maximum atomic E-state index is 12.8. The van der Waals surface area contributed by atoms with Gasteiger partial charge in [-0.15, -0.1) is 0 Å². The van der Waals surface area contributed by atoms with Crippen molar-refractivity contribution in [2.75, 3.05) is 19.1 Å². The van der Waals surface area contributed by atoms with E-state index in [1.165, 1.54) is 4.31 Å². The van der Waals surface area contributed by atoms with Crippen LogP contribution in [-0.4, -0.2) is 42.9 Å². The highest BCUT2D eigenvalue weighted by atomic mass is 32.2. The first-order valence-electron chi connectivity index (χ1n) is 6.93. The summed E-state index contributed by atoms with van der Waals surface area (Å²) < 4.78 is 27.1. The smallest absolute Gasteiger partial charge is 0.243 e. The Morgan fingerprint density at radius 3 is 2.48 bits per heavy atom. The Balaban J connectivity index is 3.21. The van der Waals surface area contributed by atoms with Gasteiger partial charge in [-0.05, 0) is 62.0 Å². The van der Waals surface area contributed by atoms with Crippen LogP contribution in [0.2, 0.25) is 0 Å². The topological polar surface area (TPSA) is 57.6 Å². The molecule has 1 rings (SSSR count). The largest absolute Gasteiger partial charge is 0.392 e. The number of rotatable bonds is 7. The van der Waals surface area contributed by atoms with Crippen molar-refractivity contribution in [3.8, 4) is 0 Å². The fourth-order valence-corrected chi connectivity index (χ4v) is 4.43. The third-order valence-electron chi connectivity index (χ3n) is 3.88. The molecule has 1 aromatic rings. The molecule has 0 heterocycles. The number of nitrogens with zero attached hydrogens (tertiary/aromatic N) is 1. The lowest BCUT2D eigenvalue weighted by molar-refractivity contribution is 0.281. The third-order valence-corrected chi connectivity index (χ3v) is 6.62. The number of aryl methyl sites for hydroxylation is 1. The van der Waals surface area contributed by atoms with Crippen LogP contribution in [0.5, 0.6) is 0 Å². The summed E-state index contributed by atoms with van der Waals surface area (Å²) in [6.07, 6.45) is 2.83. The number of aliphatic hydroxyl groups excluding tert-OH is 1. The number of benzene rings is 1. The van der Waals surface area contributed by atoms with Gasteiger partial charge in [-0.3, -0.25) is 0 Å². The molecule has 0 aliphatic rings. The van der Waals surface area contributed by atoms with Crippen LogP contribution >= 0.6 is 11.8 Å². The van der Waals surface area contributed by atoms with Crippen molar-refractivity contribution in [2.24, 2.45) is 0 Å². The van der Waals surface area contributed by atoms with Gasteiger partial charge in [0.2, 0.25) is 10.0 Å². The highest BCUT2D eigenvalue weighted by Crippen LogP contribution is 2.25. The van der Waals surface area contributed by atoms with Gasteiger partial charge in [0.05, 0.1) is 11.5 Å². The van der Waals surface area contributed by atoms with E-state index in [2.05, 4.69) is 0 Å². The number of thioether (sulfide) groups is 1. The molecule has 0 saturated carbocycles. The number of aliphatic hydroxyl groups is 1. The molecule has 0 aliphatic carbocycles. The molecule has 1 aromatic carbocycles. The second kappa shape index (κ2) is 7.63. The van der Waals surface area contributed by atoms with E-state index < -0.39 is 10.0 Å². The molecule has 4 nitrogen and oxygen atoms in total. The summed E-state index contributed by atoms with van der Waals surface area (Å²) in [5.74, 6) is 0.926. The van der Waals surface area contributed by atoms with Crippen LogP contribution < -0.4 is 0 Å². The first-order valence-corrected chi connectivity index (χ1v) is 9.77. The molecule has 120 valence electrons. The maximum absolute atomic E-state index is 12.8. The minimum Gasteiger partial charge on any atom is -0.392 e. The normalized spacial score (nSPS) is 13.7. The first-order chi connectivity index (χ1) is 9.75. The molecule has 0 amide bonds. The Labute approximate surface area is 132 Å². The van der Waals surface area contributed by atoms with Crippen LogP contribution in [0.4, 0.5) is 0 Å². The lowest BCUT2D eigenvalue weighted by atomic mass is 10.1. The van der Waals surface area contributed by atoms with Crippen molar-refractivity contribution in [3.05, 3.63) is 28.8 Å². The molecule has 0 radical (unpaired) electrons. The van der Waals surface area contributed by atoms with Gasteiger partial charge in [0, 0.05) is 13.1 Å². The molecular formula is C15H25NO3S2. The van der Waals surface area contributed by atoms with Gasteiger partial charge in [0.25, 0.3) is 0 Å². The Morgan fingerprint density at radius 2 is 1.95 bits per heavy atom. The zero-order valence-electron chi connectivity index (χ0n) is 13.4. The molecule has 0 aliphatic heterocycles. The summed E-state index contributed by atoms with van der Waals surface area (Å²) in [4.78, 5) is 0.296. The van der Waals surface area contributed by atoms with Crippen molar-refractivity contribution in [3.63, 3.8) is 0 Å². The SMILES string of the molecule is CSCCC(C)N(C)S(=O)(=O)c1cc(CO)cc(C)c1C. The monoisotopic (exact) mass is 331 g/mol. The van der Waals surface area contributed by atoms with E-state index in [-0.39, 0.29) is 12.6 Å². The van der Waals surface area contributed by atoms with Crippen LogP contribution in [0.15, 0.2) is 17.0 Å². The van der Waals surface area contributed by atoms with Crippen molar-refractivity contribution in [1.29, 1.82) is 0 Å². The number of hydrogen-bond donors (Lipinski definition) is 1. The van der Waals surface area contributed by atoms with Crippen molar-refractivity contribution >= 4 is 21.8 Å². The molecule has 6 heteroatoms. The summed E-state index contributed by atoms with van der Waals surface area (Å²) in [5.41, 5.74) is 2.25. The second-order valence-electron chi connectivity index (χ2n) is 5.35. The van der Waals surface area contributed by atoms with Gasteiger partial charge in [-0.1, -0.05) is 6.07 Å². The molecule has 0 saturated heterocycles. The molecule has 1 unspecified atom stereocenters. The average molecular weight is 332 g/mol. The highest BCUT2D eigenvalue weighted by Gasteiger charge is 2.27. The van der Waals surface area contributed by atoms with E-state index in [1.54, 1.807) is 24.9 Å². The van der Waals surface area contributed by atoms with Crippen LogP contribution in [0, 0.1) is 13.8 Å². The molecule has 0 bridgehead atoms. The summed E-state index contributed by atoms with van der Waals surface area (Å²) in [5, 5.41) is 9.30. The lowest BCUT2D eigenvalue weighted by Crippen LogP contribution is -2.36. The summed E-state index contributed by atoms with van der Waals surface area (Å²) in [6, 6.07) is 3.35. The van der Waals surface area contributed by atoms with Gasteiger partial charge in [0.15, 0.2) is 0 Å². The third kappa shape index (κ3) is 4.22. The second-order valence-corrected chi connectivity index (χ2v) is 8.30. The van der Waals surface area contributed by atoms with Gasteiger partial charge < -0.3 is 5.11 Å². The first kappa shape index (κ1) is 18.5. The molecular weight excluding hydrogens is 306 g/mol. The van der Waals surface area contributed by atoms with Crippen molar-refractivity contribution < 1.29 is 13.5 Å². The minimum absolute atomic E-state index is 0.0556. The Bertz CT molecular complexity index is 585. The number of hydrogen-bond acceptors (Lipinski definition) is 4. The van der Waals surface area contributed by atoms with Gasteiger partial charge in [-0.25, -0.2) is 8.42 Å². The van der Waals surface area contributed by atoms with Crippen LogP contribution in [0.1, 0.15) is 30.0 Å². The fourth-order valence-electron chi connectivity index (χ4n) is 2.12. The zero-order chi connectivity index (χ0) is 16.2. The summed E-state index contributed by atoms with van der Waals surface area (Å²) in [7, 11) is -1.92. The molecule has 0 aromatic heterocycles. The Hall–Kier alpha value is -0.560. The predicted octanol–water partition coefficient (Wildman–Crippen LogP) is 2.56. The van der Waals surface area contributed by atoms with Crippen LogP contribution in [0.3, 0.4) is 0 Å².